The van der Waals surface area contributed by atoms with E-state index < -0.39 is 0 Å². The number of hydrogen-bond donors (Lipinski definition) is 1. The molecule has 2 atom stereocenters. The highest BCUT2D eigenvalue weighted by molar-refractivity contribution is 9.10. The van der Waals surface area contributed by atoms with Crippen LogP contribution in [-0.4, -0.2) is 11.9 Å². The molecule has 0 aliphatic heterocycles. The Kier molecular flexibility index (Phi) is 3.80. The van der Waals surface area contributed by atoms with Gasteiger partial charge in [0.2, 0.25) is 0 Å². The molecule has 3 nitrogen and oxygen atoms in total. The average Bonchev–Trinajstić information content (AvgIpc) is 2.76. The Bertz CT molecular complexity index is 467. The van der Waals surface area contributed by atoms with E-state index in [9.17, 15) is 4.79 Å². The summed E-state index contributed by atoms with van der Waals surface area (Å²) in [6, 6.07) is 9.53. The zero-order valence-corrected chi connectivity index (χ0v) is 10.9. The summed E-state index contributed by atoms with van der Waals surface area (Å²) in [6.45, 7) is 0. The zero-order chi connectivity index (χ0) is 12.3. The number of hydrogen-bond acceptors (Lipinski definition) is 2. The lowest BCUT2D eigenvalue weighted by Crippen LogP contribution is -2.36. The van der Waals surface area contributed by atoms with Crippen LogP contribution in [0.15, 0.2) is 28.7 Å². The van der Waals surface area contributed by atoms with Crippen LogP contribution < -0.4 is 5.32 Å². The second-order valence-corrected chi connectivity index (χ2v) is 5.17. The molecule has 1 saturated carbocycles. The van der Waals surface area contributed by atoms with Gasteiger partial charge in [0, 0.05) is 16.1 Å². The number of carbonyl (C=O) groups is 1. The molecule has 0 spiro atoms. The van der Waals surface area contributed by atoms with Gasteiger partial charge < -0.3 is 5.32 Å². The van der Waals surface area contributed by atoms with E-state index in [1.54, 1.807) is 12.1 Å². The summed E-state index contributed by atoms with van der Waals surface area (Å²) in [5.74, 6) is -0.135. The first kappa shape index (κ1) is 12.1. The van der Waals surface area contributed by atoms with Crippen molar-refractivity contribution in [3.63, 3.8) is 0 Å². The number of amides is 1. The normalized spacial score (nSPS) is 23.1. The second kappa shape index (κ2) is 5.33. The summed E-state index contributed by atoms with van der Waals surface area (Å²) < 4.78 is 0.883. The molecule has 4 heteroatoms. The smallest absolute Gasteiger partial charge is 0.251 e. The number of nitrogens with one attached hydrogen (secondary N) is 1. The van der Waals surface area contributed by atoms with E-state index in [1.165, 1.54) is 0 Å². The van der Waals surface area contributed by atoms with Crippen LogP contribution in [0.5, 0.6) is 0 Å². The molecule has 0 aromatic heterocycles. The third kappa shape index (κ3) is 2.86. The van der Waals surface area contributed by atoms with Gasteiger partial charge >= 0.3 is 0 Å². The number of rotatable bonds is 2. The van der Waals surface area contributed by atoms with Gasteiger partial charge in [-0.25, -0.2) is 0 Å². The lowest BCUT2D eigenvalue weighted by Gasteiger charge is -2.15. The van der Waals surface area contributed by atoms with Gasteiger partial charge in [0.05, 0.1) is 12.0 Å². The molecule has 2 rings (SSSR count). The first-order valence-corrected chi connectivity index (χ1v) is 6.46. The lowest BCUT2D eigenvalue weighted by molar-refractivity contribution is 0.0933. The molecule has 17 heavy (non-hydrogen) atoms. The summed E-state index contributed by atoms with van der Waals surface area (Å²) in [7, 11) is 0. The molecule has 1 aromatic carbocycles. The summed E-state index contributed by atoms with van der Waals surface area (Å²) in [6.07, 6.45) is 2.81. The summed E-state index contributed by atoms with van der Waals surface area (Å²) in [5.41, 5.74) is 0.628. The molecule has 2 unspecified atom stereocenters. The van der Waals surface area contributed by atoms with Crippen molar-refractivity contribution in [2.45, 2.75) is 25.3 Å². The molecule has 1 amide bonds. The van der Waals surface area contributed by atoms with Crippen LogP contribution >= 0.6 is 15.9 Å². The fourth-order valence-corrected chi connectivity index (χ4v) is 2.57. The largest absolute Gasteiger partial charge is 0.348 e. The van der Waals surface area contributed by atoms with Gasteiger partial charge in [0.1, 0.15) is 0 Å². The van der Waals surface area contributed by atoms with Gasteiger partial charge in [-0.05, 0) is 37.5 Å². The SMILES string of the molecule is N#CC1CCCC1NC(=O)c1cccc(Br)c1. The maximum absolute atomic E-state index is 12.0. The Morgan fingerprint density at radius 2 is 2.29 bits per heavy atom. The molecule has 1 aliphatic carbocycles. The molecule has 88 valence electrons. The first-order valence-electron chi connectivity index (χ1n) is 5.67. The molecule has 0 bridgehead atoms. The highest BCUT2D eigenvalue weighted by atomic mass is 79.9. The van der Waals surface area contributed by atoms with Gasteiger partial charge in [-0.15, -0.1) is 0 Å². The predicted octanol–water partition coefficient (Wildman–Crippen LogP) is 2.87. The molecule has 1 N–H and O–H groups in total. The molecule has 0 radical (unpaired) electrons. The van der Waals surface area contributed by atoms with Crippen molar-refractivity contribution in [3.8, 4) is 6.07 Å². The Morgan fingerprint density at radius 3 is 3.00 bits per heavy atom. The van der Waals surface area contributed by atoms with Crippen molar-refractivity contribution in [1.82, 2.24) is 5.32 Å². The molecule has 1 aliphatic rings. The van der Waals surface area contributed by atoms with Gasteiger partial charge in [-0.1, -0.05) is 22.0 Å². The van der Waals surface area contributed by atoms with Crippen molar-refractivity contribution in [1.29, 1.82) is 5.26 Å². The fraction of sp³-hybridized carbons (Fsp3) is 0.385. The first-order chi connectivity index (χ1) is 8.20. The minimum atomic E-state index is -0.0987. The Hall–Kier alpha value is -1.34. The van der Waals surface area contributed by atoms with E-state index in [4.69, 9.17) is 5.26 Å². The van der Waals surface area contributed by atoms with E-state index in [2.05, 4.69) is 27.3 Å². The number of carbonyl (C=O) groups excluding carboxylic acids is 1. The summed E-state index contributed by atoms with van der Waals surface area (Å²) in [4.78, 5) is 12.0. The molecule has 1 fully saturated rings. The third-order valence-corrected chi connectivity index (χ3v) is 3.58. The topological polar surface area (TPSA) is 52.9 Å². The quantitative estimate of drug-likeness (QED) is 0.911. The van der Waals surface area contributed by atoms with Crippen LogP contribution in [0.3, 0.4) is 0 Å². The maximum atomic E-state index is 12.0. The van der Waals surface area contributed by atoms with E-state index in [1.807, 2.05) is 12.1 Å². The zero-order valence-electron chi connectivity index (χ0n) is 9.32. The van der Waals surface area contributed by atoms with E-state index >= 15 is 0 Å². The Balaban J connectivity index is 2.05. The third-order valence-electron chi connectivity index (χ3n) is 3.09. The van der Waals surface area contributed by atoms with E-state index in [0.717, 1.165) is 23.7 Å². The standard InChI is InChI=1S/C13H13BrN2O/c14-11-5-1-3-9(7-11)13(17)16-12-6-2-4-10(12)8-15/h1,3,5,7,10,12H,2,4,6H2,(H,16,17). The van der Waals surface area contributed by atoms with Gasteiger partial charge in [-0.2, -0.15) is 5.26 Å². The van der Waals surface area contributed by atoms with E-state index in [-0.39, 0.29) is 17.9 Å². The molecule has 1 aromatic rings. The van der Waals surface area contributed by atoms with Crippen molar-refractivity contribution in [2.75, 3.05) is 0 Å². The minimum absolute atomic E-state index is 0.00600. The van der Waals surface area contributed by atoms with Crippen LogP contribution in [0.4, 0.5) is 0 Å². The number of benzene rings is 1. The second-order valence-electron chi connectivity index (χ2n) is 4.26. The molecule has 0 heterocycles. The van der Waals surface area contributed by atoms with Gasteiger partial charge in [-0.3, -0.25) is 4.79 Å². The van der Waals surface area contributed by atoms with Crippen LogP contribution in [0, 0.1) is 17.2 Å². The minimum Gasteiger partial charge on any atom is -0.348 e. The number of nitrogens with zero attached hydrogens (tertiary/aromatic N) is 1. The van der Waals surface area contributed by atoms with Gasteiger partial charge in [0.15, 0.2) is 0 Å². The average molecular weight is 293 g/mol. The van der Waals surface area contributed by atoms with Crippen LogP contribution in [0.2, 0.25) is 0 Å². The monoisotopic (exact) mass is 292 g/mol. The molecular weight excluding hydrogens is 280 g/mol. The predicted molar refractivity (Wildman–Crippen MR) is 68.4 cm³/mol. The van der Waals surface area contributed by atoms with Crippen molar-refractivity contribution >= 4 is 21.8 Å². The van der Waals surface area contributed by atoms with E-state index in [0.29, 0.717) is 5.56 Å². The fourth-order valence-electron chi connectivity index (χ4n) is 2.17. The summed E-state index contributed by atoms with van der Waals surface area (Å²) >= 11 is 3.34. The highest BCUT2D eigenvalue weighted by Crippen LogP contribution is 2.25. The van der Waals surface area contributed by atoms with Gasteiger partial charge in [0.25, 0.3) is 5.91 Å². The highest BCUT2D eigenvalue weighted by Gasteiger charge is 2.28. The number of nitriles is 1. The molecular formula is C13H13BrN2O. The van der Waals surface area contributed by atoms with Crippen molar-refractivity contribution in [3.05, 3.63) is 34.3 Å². The number of halogens is 1. The van der Waals surface area contributed by atoms with Crippen molar-refractivity contribution in [2.24, 2.45) is 5.92 Å². The van der Waals surface area contributed by atoms with Crippen molar-refractivity contribution < 1.29 is 4.79 Å². The Morgan fingerprint density at radius 1 is 1.47 bits per heavy atom. The Labute approximate surface area is 109 Å². The van der Waals surface area contributed by atoms with Crippen LogP contribution in [0.1, 0.15) is 29.6 Å². The van der Waals surface area contributed by atoms with Crippen LogP contribution in [-0.2, 0) is 0 Å². The van der Waals surface area contributed by atoms with Crippen LogP contribution in [0.25, 0.3) is 0 Å². The lowest BCUT2D eigenvalue weighted by atomic mass is 10.1. The molecule has 0 saturated heterocycles. The summed E-state index contributed by atoms with van der Waals surface area (Å²) in [5, 5.41) is 11.9. The maximum Gasteiger partial charge on any atom is 0.251 e.